The fourth-order valence-corrected chi connectivity index (χ4v) is 4.65. The predicted octanol–water partition coefficient (Wildman–Crippen LogP) is 8.27. The van der Waals surface area contributed by atoms with Gasteiger partial charge in [-0.2, -0.15) is 0 Å². The molecular formula is C33H51N3O2. The highest BCUT2D eigenvalue weighted by Gasteiger charge is 2.06. The molecule has 0 bridgehead atoms. The average molecular weight is 522 g/mol. The van der Waals surface area contributed by atoms with Crippen molar-refractivity contribution in [2.45, 2.75) is 110 Å². The first-order valence-electron chi connectivity index (χ1n) is 15.1. The standard InChI is InChI=1S/C33H51N3O2/c1-2-3-4-5-6-7-8-9-10-11-12-13-14-18-26-34-28-33(38)36-31-23-19-22-30(27-31)35-32(37)25-24-29-20-16-15-17-21-29/h15-17,19-23,27,34H,2-14,18,24-26,28H2,1H3,(H,35,37)(H,36,38). The molecule has 0 aromatic heterocycles. The third kappa shape index (κ3) is 16.2. The summed E-state index contributed by atoms with van der Waals surface area (Å²) in [4.78, 5) is 24.6. The third-order valence-electron chi connectivity index (χ3n) is 6.91. The van der Waals surface area contributed by atoms with Crippen LogP contribution in [0.5, 0.6) is 0 Å². The Kier molecular flexibility index (Phi) is 17.7. The van der Waals surface area contributed by atoms with E-state index in [0.29, 0.717) is 30.8 Å². The molecule has 0 heterocycles. The summed E-state index contributed by atoms with van der Waals surface area (Å²) in [5.41, 5.74) is 2.52. The van der Waals surface area contributed by atoms with Gasteiger partial charge in [0.05, 0.1) is 6.54 Å². The summed E-state index contributed by atoms with van der Waals surface area (Å²) in [5, 5.41) is 9.08. The molecule has 5 heteroatoms. The summed E-state index contributed by atoms with van der Waals surface area (Å²) >= 11 is 0. The molecular weight excluding hydrogens is 470 g/mol. The van der Waals surface area contributed by atoms with Gasteiger partial charge in [-0.3, -0.25) is 9.59 Å². The van der Waals surface area contributed by atoms with Crippen LogP contribution in [0.15, 0.2) is 54.6 Å². The minimum absolute atomic E-state index is 0.0350. The largest absolute Gasteiger partial charge is 0.326 e. The van der Waals surface area contributed by atoms with Gasteiger partial charge >= 0.3 is 0 Å². The van der Waals surface area contributed by atoms with Crippen LogP contribution in [0.1, 0.15) is 109 Å². The Morgan fingerprint density at radius 2 is 1.13 bits per heavy atom. The Hall–Kier alpha value is -2.66. The van der Waals surface area contributed by atoms with Crippen molar-refractivity contribution in [3.63, 3.8) is 0 Å². The van der Waals surface area contributed by atoms with Crippen LogP contribution < -0.4 is 16.0 Å². The number of carbonyl (C=O) groups is 2. The van der Waals surface area contributed by atoms with Crippen molar-refractivity contribution in [1.82, 2.24) is 5.32 Å². The van der Waals surface area contributed by atoms with Crippen molar-refractivity contribution in [3.8, 4) is 0 Å². The van der Waals surface area contributed by atoms with Gasteiger partial charge in [-0.25, -0.2) is 0 Å². The molecule has 0 radical (unpaired) electrons. The number of unbranched alkanes of at least 4 members (excludes halogenated alkanes) is 13. The first kappa shape index (κ1) is 31.6. The highest BCUT2D eigenvalue weighted by atomic mass is 16.2. The summed E-state index contributed by atoms with van der Waals surface area (Å²) in [5.74, 6) is -0.102. The Morgan fingerprint density at radius 1 is 0.605 bits per heavy atom. The Labute approximate surface area is 231 Å². The van der Waals surface area contributed by atoms with Gasteiger partial charge in [0, 0.05) is 17.8 Å². The van der Waals surface area contributed by atoms with E-state index in [4.69, 9.17) is 0 Å². The number of benzene rings is 2. The molecule has 3 N–H and O–H groups in total. The van der Waals surface area contributed by atoms with Crippen molar-refractivity contribution < 1.29 is 9.59 Å². The monoisotopic (exact) mass is 521 g/mol. The first-order chi connectivity index (χ1) is 18.7. The van der Waals surface area contributed by atoms with E-state index in [0.717, 1.165) is 18.5 Å². The minimum Gasteiger partial charge on any atom is -0.326 e. The van der Waals surface area contributed by atoms with E-state index in [9.17, 15) is 9.59 Å². The van der Waals surface area contributed by atoms with Crippen molar-refractivity contribution in [2.24, 2.45) is 0 Å². The number of anilines is 2. The van der Waals surface area contributed by atoms with Crippen LogP contribution in [-0.4, -0.2) is 24.9 Å². The molecule has 0 spiro atoms. The van der Waals surface area contributed by atoms with E-state index >= 15 is 0 Å². The average Bonchev–Trinajstić information content (AvgIpc) is 2.92. The number of amides is 2. The van der Waals surface area contributed by atoms with E-state index in [-0.39, 0.29) is 11.8 Å². The van der Waals surface area contributed by atoms with Crippen molar-refractivity contribution in [3.05, 3.63) is 60.2 Å². The lowest BCUT2D eigenvalue weighted by atomic mass is 10.0. The summed E-state index contributed by atoms with van der Waals surface area (Å²) < 4.78 is 0. The van der Waals surface area contributed by atoms with Gasteiger partial charge in [-0.15, -0.1) is 0 Å². The highest BCUT2D eigenvalue weighted by molar-refractivity contribution is 5.94. The molecule has 0 aliphatic rings. The molecule has 0 aliphatic heterocycles. The minimum atomic E-state index is -0.0667. The lowest BCUT2D eigenvalue weighted by molar-refractivity contribution is -0.116. The fraction of sp³-hybridized carbons (Fsp3) is 0.576. The normalized spacial score (nSPS) is 10.9. The topological polar surface area (TPSA) is 70.2 Å². The lowest BCUT2D eigenvalue weighted by Gasteiger charge is -2.10. The zero-order valence-electron chi connectivity index (χ0n) is 23.7. The van der Waals surface area contributed by atoms with E-state index < -0.39 is 0 Å². The zero-order chi connectivity index (χ0) is 27.1. The quantitative estimate of drug-likeness (QED) is 0.137. The number of hydrogen-bond acceptors (Lipinski definition) is 3. The molecule has 0 fully saturated rings. The molecule has 0 atom stereocenters. The maximum Gasteiger partial charge on any atom is 0.238 e. The number of aryl methyl sites for hydroxylation is 1. The first-order valence-corrected chi connectivity index (χ1v) is 15.1. The molecule has 38 heavy (non-hydrogen) atoms. The Balaban J connectivity index is 1.44. The fourth-order valence-electron chi connectivity index (χ4n) is 4.65. The van der Waals surface area contributed by atoms with Crippen molar-refractivity contribution >= 4 is 23.2 Å². The summed E-state index contributed by atoms with van der Waals surface area (Å²) in [7, 11) is 0. The van der Waals surface area contributed by atoms with Crippen LogP contribution in [0.2, 0.25) is 0 Å². The molecule has 2 rings (SSSR count). The van der Waals surface area contributed by atoms with Gasteiger partial charge in [0.15, 0.2) is 0 Å². The molecule has 0 unspecified atom stereocenters. The number of carbonyl (C=O) groups excluding carboxylic acids is 2. The van der Waals surface area contributed by atoms with Gasteiger partial charge in [0.1, 0.15) is 0 Å². The van der Waals surface area contributed by atoms with Crippen molar-refractivity contribution in [2.75, 3.05) is 23.7 Å². The van der Waals surface area contributed by atoms with Gasteiger partial charge in [-0.05, 0) is 43.1 Å². The predicted molar refractivity (Wildman–Crippen MR) is 162 cm³/mol. The van der Waals surface area contributed by atoms with Gasteiger partial charge in [0.25, 0.3) is 0 Å². The molecule has 2 aromatic rings. The SMILES string of the molecule is CCCCCCCCCCCCCCCCNCC(=O)Nc1cccc(NC(=O)CCc2ccccc2)c1. The molecule has 0 saturated carbocycles. The van der Waals surface area contributed by atoms with Crippen LogP contribution in [0, 0.1) is 0 Å². The van der Waals surface area contributed by atoms with Gasteiger partial charge < -0.3 is 16.0 Å². The van der Waals surface area contributed by atoms with E-state index in [1.165, 1.54) is 83.5 Å². The number of rotatable bonds is 22. The summed E-state index contributed by atoms with van der Waals surface area (Å²) in [6.07, 6.45) is 20.0. The number of hydrogen-bond donors (Lipinski definition) is 3. The van der Waals surface area contributed by atoms with Crippen molar-refractivity contribution in [1.29, 1.82) is 0 Å². The second-order valence-corrected chi connectivity index (χ2v) is 10.4. The Bertz CT molecular complexity index is 885. The third-order valence-corrected chi connectivity index (χ3v) is 6.91. The van der Waals surface area contributed by atoms with Gasteiger partial charge in [-0.1, -0.05) is 127 Å². The summed E-state index contributed by atoms with van der Waals surface area (Å²) in [6, 6.07) is 17.3. The highest BCUT2D eigenvalue weighted by Crippen LogP contribution is 2.16. The maximum atomic E-state index is 12.3. The van der Waals surface area contributed by atoms with Crippen LogP contribution in [0.3, 0.4) is 0 Å². The van der Waals surface area contributed by atoms with E-state index in [2.05, 4.69) is 22.9 Å². The lowest BCUT2D eigenvalue weighted by Crippen LogP contribution is -2.28. The van der Waals surface area contributed by atoms with E-state index in [1.807, 2.05) is 48.5 Å². The molecule has 5 nitrogen and oxygen atoms in total. The molecule has 210 valence electrons. The smallest absolute Gasteiger partial charge is 0.238 e. The molecule has 0 aliphatic carbocycles. The molecule has 2 amide bonds. The number of nitrogens with one attached hydrogen (secondary N) is 3. The van der Waals surface area contributed by atoms with Crippen LogP contribution >= 0.6 is 0 Å². The van der Waals surface area contributed by atoms with Crippen LogP contribution in [-0.2, 0) is 16.0 Å². The Morgan fingerprint density at radius 3 is 1.71 bits per heavy atom. The maximum absolute atomic E-state index is 12.3. The van der Waals surface area contributed by atoms with E-state index in [1.54, 1.807) is 6.07 Å². The second kappa shape index (κ2) is 21.3. The molecule has 0 saturated heterocycles. The van der Waals surface area contributed by atoms with Gasteiger partial charge in [0.2, 0.25) is 11.8 Å². The van der Waals surface area contributed by atoms with Crippen LogP contribution in [0.25, 0.3) is 0 Å². The molecule has 2 aromatic carbocycles. The van der Waals surface area contributed by atoms with Crippen LogP contribution in [0.4, 0.5) is 11.4 Å². The zero-order valence-corrected chi connectivity index (χ0v) is 23.7. The second-order valence-electron chi connectivity index (χ2n) is 10.4. The summed E-state index contributed by atoms with van der Waals surface area (Å²) in [6.45, 7) is 3.44.